The fourth-order valence-electron chi connectivity index (χ4n) is 2.30. The Morgan fingerprint density at radius 1 is 1.31 bits per heavy atom. The molecule has 8 heteroatoms. The Bertz CT molecular complexity index is 888. The molecule has 0 aliphatic carbocycles. The second-order valence-corrected chi connectivity index (χ2v) is 6.46. The van der Waals surface area contributed by atoms with Crippen molar-refractivity contribution in [1.82, 2.24) is 15.0 Å². The second kappa shape index (κ2) is 7.92. The molecule has 1 aromatic carbocycles. The lowest BCUT2D eigenvalue weighted by molar-refractivity contribution is -0.124. The summed E-state index contributed by atoms with van der Waals surface area (Å²) in [7, 11) is 0. The highest BCUT2D eigenvalue weighted by Crippen LogP contribution is 2.18. The highest BCUT2D eigenvalue weighted by molar-refractivity contribution is 7.13. The van der Waals surface area contributed by atoms with Crippen LogP contribution < -0.4 is 5.32 Å². The van der Waals surface area contributed by atoms with Crippen LogP contribution in [0.3, 0.4) is 0 Å². The van der Waals surface area contributed by atoms with Crippen molar-refractivity contribution in [1.29, 1.82) is 0 Å². The largest absolute Gasteiger partial charge is 0.449 e. The molecule has 134 valence electrons. The van der Waals surface area contributed by atoms with E-state index in [0.717, 1.165) is 17.1 Å². The predicted molar refractivity (Wildman–Crippen MR) is 99.0 cm³/mol. The Morgan fingerprint density at radius 2 is 2.08 bits per heavy atom. The third kappa shape index (κ3) is 4.15. The summed E-state index contributed by atoms with van der Waals surface area (Å²) in [5.41, 5.74) is 2.05. The summed E-state index contributed by atoms with van der Waals surface area (Å²) in [5.74, 6) is -0.217. The van der Waals surface area contributed by atoms with Crippen molar-refractivity contribution < 1.29 is 14.3 Å². The first-order valence-electron chi connectivity index (χ1n) is 8.10. The molecule has 2 aromatic heterocycles. The van der Waals surface area contributed by atoms with Crippen molar-refractivity contribution in [2.24, 2.45) is 0 Å². The second-order valence-electron chi connectivity index (χ2n) is 5.60. The number of H-pyrrole nitrogens is 1. The molecule has 1 atom stereocenters. The lowest BCUT2D eigenvalue weighted by Crippen LogP contribution is -2.32. The SMILES string of the molecule is CCC(OC(=O)c1ccc(-c2ncc[nH]2)cc1)C(=O)Nc1nc(C)cs1. The summed E-state index contributed by atoms with van der Waals surface area (Å²) in [6, 6.07) is 6.84. The summed E-state index contributed by atoms with van der Waals surface area (Å²) in [5, 5.41) is 5.00. The Labute approximate surface area is 154 Å². The Balaban J connectivity index is 1.64. The minimum absolute atomic E-state index is 0.367. The molecule has 0 fully saturated rings. The molecular formula is C18H18N4O3S. The number of benzene rings is 1. The van der Waals surface area contributed by atoms with E-state index in [0.29, 0.717) is 17.1 Å². The highest BCUT2D eigenvalue weighted by Gasteiger charge is 2.23. The van der Waals surface area contributed by atoms with Crippen molar-refractivity contribution in [2.45, 2.75) is 26.4 Å². The third-order valence-corrected chi connectivity index (χ3v) is 4.53. The number of rotatable bonds is 6. The predicted octanol–water partition coefficient (Wildman–Crippen LogP) is 3.42. The van der Waals surface area contributed by atoms with Crippen molar-refractivity contribution in [2.75, 3.05) is 5.32 Å². The average Bonchev–Trinajstić information content (AvgIpc) is 3.31. The molecule has 3 aromatic rings. The van der Waals surface area contributed by atoms with Gasteiger partial charge in [0.25, 0.3) is 5.91 Å². The van der Waals surface area contributed by atoms with Gasteiger partial charge in [-0.15, -0.1) is 11.3 Å². The van der Waals surface area contributed by atoms with Crippen molar-refractivity contribution in [3.8, 4) is 11.4 Å². The van der Waals surface area contributed by atoms with E-state index in [1.54, 1.807) is 43.6 Å². The summed E-state index contributed by atoms with van der Waals surface area (Å²) >= 11 is 1.33. The normalized spacial score (nSPS) is 11.8. The quantitative estimate of drug-likeness (QED) is 0.648. The molecule has 3 rings (SSSR count). The van der Waals surface area contributed by atoms with Gasteiger partial charge in [-0.1, -0.05) is 19.1 Å². The van der Waals surface area contributed by atoms with Gasteiger partial charge in [0.2, 0.25) is 0 Å². The van der Waals surface area contributed by atoms with Gasteiger partial charge in [0.15, 0.2) is 11.2 Å². The molecule has 0 radical (unpaired) electrons. The minimum Gasteiger partial charge on any atom is -0.449 e. The maximum absolute atomic E-state index is 12.3. The average molecular weight is 370 g/mol. The number of aromatic nitrogens is 3. The van der Waals surface area contributed by atoms with E-state index >= 15 is 0 Å². The minimum atomic E-state index is -0.878. The molecule has 1 unspecified atom stereocenters. The number of carbonyl (C=O) groups excluding carboxylic acids is 2. The van der Waals surface area contributed by atoms with Crippen LogP contribution in [0.1, 0.15) is 29.4 Å². The fraction of sp³-hybridized carbons (Fsp3) is 0.222. The number of amides is 1. The number of hydrogen-bond acceptors (Lipinski definition) is 6. The number of aryl methyl sites for hydroxylation is 1. The first-order valence-corrected chi connectivity index (χ1v) is 8.98. The topological polar surface area (TPSA) is 97.0 Å². The monoisotopic (exact) mass is 370 g/mol. The smallest absolute Gasteiger partial charge is 0.338 e. The van der Waals surface area contributed by atoms with Crippen LogP contribution in [0.5, 0.6) is 0 Å². The van der Waals surface area contributed by atoms with Gasteiger partial charge in [-0.2, -0.15) is 0 Å². The van der Waals surface area contributed by atoms with E-state index in [-0.39, 0.29) is 5.91 Å². The molecule has 0 bridgehead atoms. The number of ether oxygens (including phenoxy) is 1. The molecule has 0 saturated heterocycles. The van der Waals surface area contributed by atoms with Crippen LogP contribution in [-0.2, 0) is 9.53 Å². The molecule has 2 heterocycles. The zero-order chi connectivity index (χ0) is 18.5. The molecule has 0 saturated carbocycles. The van der Waals surface area contributed by atoms with Gasteiger partial charge < -0.3 is 9.72 Å². The maximum Gasteiger partial charge on any atom is 0.338 e. The van der Waals surface area contributed by atoms with E-state index in [1.165, 1.54) is 11.3 Å². The van der Waals surface area contributed by atoms with Crippen LogP contribution in [0.25, 0.3) is 11.4 Å². The van der Waals surface area contributed by atoms with Crippen LogP contribution >= 0.6 is 11.3 Å². The first kappa shape index (κ1) is 17.8. The summed E-state index contributed by atoms with van der Waals surface area (Å²) in [4.78, 5) is 36.0. The molecule has 2 N–H and O–H groups in total. The number of hydrogen-bond donors (Lipinski definition) is 2. The van der Waals surface area contributed by atoms with E-state index in [2.05, 4.69) is 20.3 Å². The number of aromatic amines is 1. The Kier molecular flexibility index (Phi) is 5.43. The van der Waals surface area contributed by atoms with Gasteiger partial charge in [0.05, 0.1) is 11.3 Å². The number of imidazole rings is 1. The van der Waals surface area contributed by atoms with E-state index in [9.17, 15) is 9.59 Å². The maximum atomic E-state index is 12.3. The number of carbonyl (C=O) groups is 2. The van der Waals surface area contributed by atoms with Crippen LogP contribution in [0.15, 0.2) is 42.0 Å². The van der Waals surface area contributed by atoms with Gasteiger partial charge in [0.1, 0.15) is 5.82 Å². The molecule has 0 aliphatic heterocycles. The van der Waals surface area contributed by atoms with Crippen molar-refractivity contribution >= 4 is 28.3 Å². The van der Waals surface area contributed by atoms with Crippen LogP contribution in [0.2, 0.25) is 0 Å². The van der Waals surface area contributed by atoms with Crippen LogP contribution in [0.4, 0.5) is 5.13 Å². The molecule has 7 nitrogen and oxygen atoms in total. The van der Waals surface area contributed by atoms with Gasteiger partial charge >= 0.3 is 5.97 Å². The molecule has 26 heavy (non-hydrogen) atoms. The standard InChI is InChI=1S/C18H18N4O3S/c1-3-14(16(23)22-18-21-11(2)10-26-18)25-17(24)13-6-4-12(5-7-13)15-19-8-9-20-15/h4-10,14H,3H2,1-2H3,(H,19,20)(H,21,22,23). The van der Waals surface area contributed by atoms with Crippen molar-refractivity contribution in [3.05, 3.63) is 53.3 Å². The fourth-order valence-corrected chi connectivity index (χ4v) is 3.00. The van der Waals surface area contributed by atoms with Gasteiger partial charge in [-0.05, 0) is 25.5 Å². The van der Waals surface area contributed by atoms with E-state index in [1.807, 2.05) is 12.3 Å². The van der Waals surface area contributed by atoms with E-state index in [4.69, 9.17) is 4.74 Å². The summed E-state index contributed by atoms with van der Waals surface area (Å²) in [6.45, 7) is 3.63. The number of thiazole rings is 1. The van der Waals surface area contributed by atoms with Gasteiger partial charge in [-0.3, -0.25) is 10.1 Å². The lowest BCUT2D eigenvalue weighted by Gasteiger charge is -2.15. The summed E-state index contributed by atoms with van der Waals surface area (Å²) < 4.78 is 5.36. The molecular weight excluding hydrogens is 352 g/mol. The Hall–Kier alpha value is -3.00. The third-order valence-electron chi connectivity index (χ3n) is 3.65. The number of nitrogens with zero attached hydrogens (tertiary/aromatic N) is 2. The lowest BCUT2D eigenvalue weighted by atomic mass is 10.1. The number of anilines is 1. The summed E-state index contributed by atoms with van der Waals surface area (Å²) in [6.07, 6.45) is 2.88. The Morgan fingerprint density at radius 3 is 2.65 bits per heavy atom. The van der Waals surface area contributed by atoms with Crippen LogP contribution in [-0.4, -0.2) is 32.9 Å². The molecule has 0 spiro atoms. The van der Waals surface area contributed by atoms with Gasteiger partial charge in [-0.25, -0.2) is 14.8 Å². The van der Waals surface area contributed by atoms with Crippen molar-refractivity contribution in [3.63, 3.8) is 0 Å². The molecule has 0 aliphatic rings. The first-order chi connectivity index (χ1) is 12.6. The number of esters is 1. The zero-order valence-electron chi connectivity index (χ0n) is 14.4. The van der Waals surface area contributed by atoms with Crippen LogP contribution in [0, 0.1) is 6.92 Å². The zero-order valence-corrected chi connectivity index (χ0v) is 15.2. The number of nitrogens with one attached hydrogen (secondary N) is 2. The molecule has 1 amide bonds. The van der Waals surface area contributed by atoms with E-state index < -0.39 is 12.1 Å². The van der Waals surface area contributed by atoms with Gasteiger partial charge in [0, 0.05) is 23.3 Å². The highest BCUT2D eigenvalue weighted by atomic mass is 32.1.